The van der Waals surface area contributed by atoms with E-state index in [0.717, 1.165) is 19.5 Å². The first-order valence-corrected chi connectivity index (χ1v) is 6.43. The van der Waals surface area contributed by atoms with Crippen LogP contribution in [0.25, 0.3) is 0 Å². The van der Waals surface area contributed by atoms with E-state index in [9.17, 15) is 4.79 Å². The highest BCUT2D eigenvalue weighted by atomic mass is 16.2. The van der Waals surface area contributed by atoms with Gasteiger partial charge < -0.3 is 10.6 Å². The van der Waals surface area contributed by atoms with Crippen LogP contribution in [0.3, 0.4) is 0 Å². The summed E-state index contributed by atoms with van der Waals surface area (Å²) in [4.78, 5) is 16.6. The Morgan fingerprint density at radius 3 is 2.78 bits per heavy atom. The van der Waals surface area contributed by atoms with Crippen LogP contribution in [0.2, 0.25) is 0 Å². The van der Waals surface area contributed by atoms with Crippen molar-refractivity contribution in [3.05, 3.63) is 12.2 Å². The average Bonchev–Trinajstić information content (AvgIpc) is 3.01. The van der Waals surface area contributed by atoms with E-state index in [1.807, 2.05) is 6.92 Å². The van der Waals surface area contributed by atoms with E-state index in [1.165, 1.54) is 6.33 Å². The zero-order valence-electron chi connectivity index (χ0n) is 11.2. The van der Waals surface area contributed by atoms with Gasteiger partial charge in [0.25, 0.3) is 0 Å². The smallest absolute Gasteiger partial charge is 0.228 e. The SMILES string of the molecule is CC(NC(=O)C1(C(C)C)CCNC1)c1ncn[nH]1. The molecule has 1 saturated heterocycles. The summed E-state index contributed by atoms with van der Waals surface area (Å²) in [5.74, 6) is 1.11. The molecule has 2 atom stereocenters. The maximum atomic E-state index is 12.5. The van der Waals surface area contributed by atoms with Gasteiger partial charge in [0.2, 0.25) is 5.91 Å². The molecule has 0 spiro atoms. The number of carbonyl (C=O) groups is 1. The van der Waals surface area contributed by atoms with Crippen molar-refractivity contribution in [3.8, 4) is 0 Å². The van der Waals surface area contributed by atoms with Crippen molar-refractivity contribution in [1.29, 1.82) is 0 Å². The monoisotopic (exact) mass is 251 g/mol. The lowest BCUT2D eigenvalue weighted by atomic mass is 9.75. The highest BCUT2D eigenvalue weighted by molar-refractivity contribution is 5.83. The first-order chi connectivity index (χ1) is 8.56. The van der Waals surface area contributed by atoms with Gasteiger partial charge in [0, 0.05) is 6.54 Å². The topological polar surface area (TPSA) is 82.7 Å². The number of aromatic amines is 1. The summed E-state index contributed by atoms with van der Waals surface area (Å²) in [6.45, 7) is 7.77. The molecule has 6 nitrogen and oxygen atoms in total. The van der Waals surface area contributed by atoms with Crippen molar-refractivity contribution >= 4 is 5.91 Å². The third-order valence-corrected chi connectivity index (χ3v) is 3.94. The molecule has 1 aliphatic heterocycles. The number of aromatic nitrogens is 3. The second-order valence-electron chi connectivity index (χ2n) is 5.30. The highest BCUT2D eigenvalue weighted by Gasteiger charge is 2.44. The number of nitrogens with one attached hydrogen (secondary N) is 3. The Morgan fingerprint density at radius 2 is 2.28 bits per heavy atom. The zero-order valence-corrected chi connectivity index (χ0v) is 11.2. The zero-order chi connectivity index (χ0) is 13.2. The summed E-state index contributed by atoms with van der Waals surface area (Å²) in [6, 6.07) is -0.142. The van der Waals surface area contributed by atoms with Gasteiger partial charge in [0.1, 0.15) is 12.2 Å². The molecular weight excluding hydrogens is 230 g/mol. The molecule has 100 valence electrons. The Balaban J connectivity index is 2.06. The predicted molar refractivity (Wildman–Crippen MR) is 67.7 cm³/mol. The standard InChI is InChI=1S/C12H21N5O/c1-8(2)12(4-5-13-6-12)11(18)16-9(3)10-14-7-15-17-10/h7-9,13H,4-6H2,1-3H3,(H,16,18)(H,14,15,17). The minimum atomic E-state index is -0.297. The highest BCUT2D eigenvalue weighted by Crippen LogP contribution is 2.34. The Kier molecular flexibility index (Phi) is 3.65. The molecule has 18 heavy (non-hydrogen) atoms. The van der Waals surface area contributed by atoms with Gasteiger partial charge in [-0.25, -0.2) is 4.98 Å². The molecule has 1 aliphatic rings. The third kappa shape index (κ3) is 2.25. The Morgan fingerprint density at radius 1 is 1.50 bits per heavy atom. The number of hydrogen-bond donors (Lipinski definition) is 3. The Hall–Kier alpha value is -1.43. The molecule has 2 unspecified atom stereocenters. The van der Waals surface area contributed by atoms with Crippen molar-refractivity contribution in [2.45, 2.75) is 33.2 Å². The van der Waals surface area contributed by atoms with Crippen LogP contribution in [0.4, 0.5) is 0 Å². The van der Waals surface area contributed by atoms with E-state index in [1.54, 1.807) is 0 Å². The van der Waals surface area contributed by atoms with Crippen molar-refractivity contribution in [3.63, 3.8) is 0 Å². The summed E-state index contributed by atoms with van der Waals surface area (Å²) < 4.78 is 0. The average molecular weight is 251 g/mol. The fourth-order valence-electron chi connectivity index (χ4n) is 2.49. The number of carbonyl (C=O) groups excluding carboxylic acids is 1. The molecule has 6 heteroatoms. The summed E-state index contributed by atoms with van der Waals surface area (Å²) in [5.41, 5.74) is -0.297. The molecule has 2 rings (SSSR count). The summed E-state index contributed by atoms with van der Waals surface area (Å²) >= 11 is 0. The minimum Gasteiger partial charge on any atom is -0.346 e. The lowest BCUT2D eigenvalue weighted by molar-refractivity contribution is -0.133. The van der Waals surface area contributed by atoms with E-state index in [4.69, 9.17) is 0 Å². The molecular formula is C12H21N5O. The van der Waals surface area contributed by atoms with Crippen LogP contribution in [-0.4, -0.2) is 34.2 Å². The van der Waals surface area contributed by atoms with E-state index in [-0.39, 0.29) is 17.4 Å². The molecule has 1 aromatic heterocycles. The van der Waals surface area contributed by atoms with Crippen molar-refractivity contribution < 1.29 is 4.79 Å². The third-order valence-electron chi connectivity index (χ3n) is 3.94. The number of hydrogen-bond acceptors (Lipinski definition) is 4. The summed E-state index contributed by atoms with van der Waals surface area (Å²) in [6.07, 6.45) is 2.34. The van der Waals surface area contributed by atoms with E-state index >= 15 is 0 Å². The van der Waals surface area contributed by atoms with E-state index < -0.39 is 0 Å². The maximum absolute atomic E-state index is 12.5. The predicted octanol–water partition coefficient (Wildman–Crippen LogP) is 0.618. The van der Waals surface area contributed by atoms with E-state index in [2.05, 4.69) is 39.7 Å². The second-order valence-corrected chi connectivity index (χ2v) is 5.30. The number of rotatable bonds is 4. The number of amides is 1. The fraction of sp³-hybridized carbons (Fsp3) is 0.750. The summed E-state index contributed by atoms with van der Waals surface area (Å²) in [7, 11) is 0. The molecule has 1 aromatic rings. The number of nitrogens with zero attached hydrogens (tertiary/aromatic N) is 2. The van der Waals surface area contributed by atoms with Crippen LogP contribution in [0.1, 0.15) is 39.1 Å². The first-order valence-electron chi connectivity index (χ1n) is 6.43. The first kappa shape index (κ1) is 13.0. The fourth-order valence-corrected chi connectivity index (χ4v) is 2.49. The Bertz CT molecular complexity index is 395. The number of H-pyrrole nitrogens is 1. The van der Waals surface area contributed by atoms with Gasteiger partial charge >= 0.3 is 0 Å². The molecule has 1 fully saturated rings. The van der Waals surface area contributed by atoms with Gasteiger partial charge in [0.15, 0.2) is 0 Å². The normalized spacial score (nSPS) is 25.3. The molecule has 0 bridgehead atoms. The molecule has 0 saturated carbocycles. The largest absolute Gasteiger partial charge is 0.346 e. The Labute approximate surface area is 107 Å². The van der Waals surface area contributed by atoms with Crippen molar-refractivity contribution in [1.82, 2.24) is 25.8 Å². The maximum Gasteiger partial charge on any atom is 0.228 e. The van der Waals surface area contributed by atoms with Gasteiger partial charge in [-0.1, -0.05) is 13.8 Å². The van der Waals surface area contributed by atoms with Crippen LogP contribution in [0, 0.1) is 11.3 Å². The lowest BCUT2D eigenvalue weighted by Crippen LogP contribution is -2.46. The summed E-state index contributed by atoms with van der Waals surface area (Å²) in [5, 5.41) is 12.9. The molecule has 1 amide bonds. The lowest BCUT2D eigenvalue weighted by Gasteiger charge is -2.32. The van der Waals surface area contributed by atoms with Gasteiger partial charge in [0.05, 0.1) is 11.5 Å². The van der Waals surface area contributed by atoms with Gasteiger partial charge in [-0.05, 0) is 25.8 Å². The minimum absolute atomic E-state index is 0.103. The van der Waals surface area contributed by atoms with Crippen LogP contribution in [0.15, 0.2) is 6.33 Å². The van der Waals surface area contributed by atoms with Crippen molar-refractivity contribution in [2.75, 3.05) is 13.1 Å². The van der Waals surface area contributed by atoms with Crippen molar-refractivity contribution in [2.24, 2.45) is 11.3 Å². The molecule has 0 aliphatic carbocycles. The van der Waals surface area contributed by atoms with E-state index in [0.29, 0.717) is 11.7 Å². The molecule has 2 heterocycles. The van der Waals surface area contributed by atoms with Gasteiger partial charge in [-0.15, -0.1) is 0 Å². The van der Waals surface area contributed by atoms with Crippen LogP contribution < -0.4 is 10.6 Å². The quantitative estimate of drug-likeness (QED) is 0.732. The second kappa shape index (κ2) is 5.06. The van der Waals surface area contributed by atoms with Crippen LogP contribution in [-0.2, 0) is 4.79 Å². The molecule has 3 N–H and O–H groups in total. The van der Waals surface area contributed by atoms with Crippen LogP contribution in [0.5, 0.6) is 0 Å². The van der Waals surface area contributed by atoms with Crippen LogP contribution >= 0.6 is 0 Å². The molecule has 0 radical (unpaired) electrons. The van der Waals surface area contributed by atoms with Gasteiger partial charge in [-0.2, -0.15) is 5.10 Å². The van der Waals surface area contributed by atoms with Gasteiger partial charge in [-0.3, -0.25) is 9.89 Å². The molecule has 0 aromatic carbocycles.